The van der Waals surface area contributed by atoms with Crippen LogP contribution in [0.25, 0.3) is 0 Å². The highest BCUT2D eigenvalue weighted by Gasteiger charge is 2.23. The highest BCUT2D eigenvalue weighted by Crippen LogP contribution is 2.22. The monoisotopic (exact) mass is 408 g/mol. The van der Waals surface area contributed by atoms with Crippen LogP contribution < -0.4 is 15.5 Å². The molecular formula is C24H32N4O2. The minimum absolute atomic E-state index is 0.205. The Balaban J connectivity index is 1.61. The van der Waals surface area contributed by atoms with Crippen molar-refractivity contribution in [3.8, 4) is 0 Å². The predicted octanol–water partition coefficient (Wildman–Crippen LogP) is 3.17. The average molecular weight is 409 g/mol. The van der Waals surface area contributed by atoms with Gasteiger partial charge in [-0.15, -0.1) is 0 Å². The second-order valence-corrected chi connectivity index (χ2v) is 7.86. The van der Waals surface area contributed by atoms with Crippen molar-refractivity contribution in [2.45, 2.75) is 45.3 Å². The minimum Gasteiger partial charge on any atom is -0.384 e. The van der Waals surface area contributed by atoms with Crippen LogP contribution in [-0.4, -0.2) is 36.6 Å². The van der Waals surface area contributed by atoms with Crippen LogP contribution >= 0.6 is 0 Å². The number of hydrogen-bond donors (Lipinski definition) is 3. The van der Waals surface area contributed by atoms with E-state index in [0.29, 0.717) is 25.5 Å². The molecular weight excluding hydrogens is 376 g/mol. The molecule has 3 N–H and O–H groups in total. The van der Waals surface area contributed by atoms with Crippen molar-refractivity contribution in [1.82, 2.24) is 10.6 Å². The van der Waals surface area contributed by atoms with Crippen LogP contribution in [0.4, 0.5) is 5.69 Å². The summed E-state index contributed by atoms with van der Waals surface area (Å²) in [6.07, 6.45) is 2.68. The van der Waals surface area contributed by atoms with E-state index in [2.05, 4.69) is 15.6 Å². The van der Waals surface area contributed by atoms with E-state index < -0.39 is 5.60 Å². The fraction of sp³-hybridized carbons (Fsp3) is 0.417. The Kier molecular flexibility index (Phi) is 7.46. The molecule has 0 radical (unpaired) electrons. The molecule has 30 heavy (non-hydrogen) atoms. The molecule has 6 nitrogen and oxygen atoms in total. The Morgan fingerprint density at radius 3 is 2.50 bits per heavy atom. The van der Waals surface area contributed by atoms with Crippen molar-refractivity contribution in [3.63, 3.8) is 0 Å². The maximum absolute atomic E-state index is 12.1. The van der Waals surface area contributed by atoms with E-state index in [1.54, 1.807) is 6.92 Å². The van der Waals surface area contributed by atoms with Crippen LogP contribution in [0.5, 0.6) is 0 Å². The molecule has 1 saturated heterocycles. The number of nitrogens with zero attached hydrogens (tertiary/aromatic N) is 2. The number of benzene rings is 2. The molecule has 2 aromatic carbocycles. The van der Waals surface area contributed by atoms with Gasteiger partial charge in [-0.3, -0.25) is 4.79 Å². The Bertz CT molecular complexity index is 847. The minimum atomic E-state index is -1.000. The van der Waals surface area contributed by atoms with Crippen LogP contribution in [-0.2, 0) is 16.9 Å². The summed E-state index contributed by atoms with van der Waals surface area (Å²) >= 11 is 0. The van der Waals surface area contributed by atoms with Crippen LogP contribution in [0, 0.1) is 0 Å². The summed E-state index contributed by atoms with van der Waals surface area (Å²) in [5.41, 5.74) is 1.88. The van der Waals surface area contributed by atoms with Gasteiger partial charge in [0.05, 0.1) is 13.1 Å². The van der Waals surface area contributed by atoms with Crippen molar-refractivity contribution in [2.24, 2.45) is 4.99 Å². The molecule has 0 aromatic heterocycles. The first kappa shape index (κ1) is 21.8. The number of hydrogen-bond acceptors (Lipinski definition) is 3. The first-order valence-electron chi connectivity index (χ1n) is 10.7. The second kappa shape index (κ2) is 10.3. The number of guanidine groups is 1. The van der Waals surface area contributed by atoms with Gasteiger partial charge < -0.3 is 20.6 Å². The second-order valence-electron chi connectivity index (χ2n) is 7.86. The summed E-state index contributed by atoms with van der Waals surface area (Å²) in [7, 11) is 0. The molecule has 6 heteroatoms. The molecule has 1 aliphatic rings. The topological polar surface area (TPSA) is 77.0 Å². The van der Waals surface area contributed by atoms with E-state index in [0.717, 1.165) is 42.7 Å². The van der Waals surface area contributed by atoms with E-state index in [1.807, 2.05) is 66.4 Å². The molecule has 0 spiro atoms. The van der Waals surface area contributed by atoms with E-state index in [-0.39, 0.29) is 5.91 Å². The molecule has 1 atom stereocenters. The standard InChI is InChI=1S/C24H32N4O2/c1-3-25-23(27-18-24(2,30)20-9-5-4-6-10-20)26-17-19-12-14-21(15-13-19)28-16-8-7-11-22(28)29/h4-6,9-10,12-15,30H,3,7-8,11,16-18H2,1-2H3,(H2,25,26,27). The summed E-state index contributed by atoms with van der Waals surface area (Å²) in [6, 6.07) is 17.6. The van der Waals surface area contributed by atoms with Gasteiger partial charge >= 0.3 is 0 Å². The zero-order chi connectivity index (χ0) is 21.4. The lowest BCUT2D eigenvalue weighted by atomic mass is 9.96. The fourth-order valence-corrected chi connectivity index (χ4v) is 3.53. The number of aliphatic imine (C=N–C) groups is 1. The first-order chi connectivity index (χ1) is 14.5. The Morgan fingerprint density at radius 1 is 1.10 bits per heavy atom. The van der Waals surface area contributed by atoms with Gasteiger partial charge in [-0.05, 0) is 49.9 Å². The normalized spacial score (nSPS) is 16.8. The molecule has 1 aliphatic heterocycles. The SMILES string of the molecule is CCNC(=NCc1ccc(N2CCCCC2=O)cc1)NCC(C)(O)c1ccccc1. The molecule has 1 amide bonds. The molecule has 1 unspecified atom stereocenters. The van der Waals surface area contributed by atoms with Crippen molar-refractivity contribution < 1.29 is 9.90 Å². The average Bonchev–Trinajstić information content (AvgIpc) is 2.77. The Labute approximate surface area is 179 Å². The number of carbonyl (C=O) groups excluding carboxylic acids is 1. The van der Waals surface area contributed by atoms with E-state index in [9.17, 15) is 9.90 Å². The van der Waals surface area contributed by atoms with Gasteiger partial charge in [-0.2, -0.15) is 0 Å². The maximum Gasteiger partial charge on any atom is 0.226 e. The predicted molar refractivity (Wildman–Crippen MR) is 121 cm³/mol. The molecule has 2 aromatic rings. The van der Waals surface area contributed by atoms with Crippen LogP contribution in [0.1, 0.15) is 44.2 Å². The van der Waals surface area contributed by atoms with Gasteiger partial charge in [0.1, 0.15) is 5.60 Å². The van der Waals surface area contributed by atoms with Crippen LogP contribution in [0.2, 0.25) is 0 Å². The highest BCUT2D eigenvalue weighted by atomic mass is 16.3. The third kappa shape index (κ3) is 5.83. The van der Waals surface area contributed by atoms with Crippen molar-refractivity contribution in [3.05, 3.63) is 65.7 Å². The van der Waals surface area contributed by atoms with Crippen molar-refractivity contribution >= 4 is 17.6 Å². The molecule has 3 rings (SSSR count). The molecule has 160 valence electrons. The van der Waals surface area contributed by atoms with Crippen LogP contribution in [0.15, 0.2) is 59.6 Å². The van der Waals surface area contributed by atoms with Gasteiger partial charge in [0.15, 0.2) is 5.96 Å². The number of piperidine rings is 1. The lowest BCUT2D eigenvalue weighted by molar-refractivity contribution is -0.119. The number of amides is 1. The Hall–Kier alpha value is -2.86. The highest BCUT2D eigenvalue weighted by molar-refractivity contribution is 5.93. The van der Waals surface area contributed by atoms with Crippen molar-refractivity contribution in [2.75, 3.05) is 24.5 Å². The first-order valence-corrected chi connectivity index (χ1v) is 10.7. The lowest BCUT2D eigenvalue weighted by Gasteiger charge is -2.26. The van der Waals surface area contributed by atoms with Gasteiger partial charge in [-0.1, -0.05) is 42.5 Å². The van der Waals surface area contributed by atoms with Crippen molar-refractivity contribution in [1.29, 1.82) is 0 Å². The van der Waals surface area contributed by atoms with Crippen LogP contribution in [0.3, 0.4) is 0 Å². The van der Waals surface area contributed by atoms with Gasteiger partial charge in [-0.25, -0.2) is 4.99 Å². The third-order valence-corrected chi connectivity index (χ3v) is 5.33. The molecule has 1 fully saturated rings. The fourth-order valence-electron chi connectivity index (χ4n) is 3.53. The number of anilines is 1. The van der Waals surface area contributed by atoms with E-state index in [1.165, 1.54) is 0 Å². The summed E-state index contributed by atoms with van der Waals surface area (Å²) in [5.74, 6) is 0.861. The number of nitrogens with one attached hydrogen (secondary N) is 2. The van der Waals surface area contributed by atoms with Gasteiger partial charge in [0.25, 0.3) is 0 Å². The smallest absolute Gasteiger partial charge is 0.226 e. The van der Waals surface area contributed by atoms with Gasteiger partial charge in [0.2, 0.25) is 5.91 Å². The zero-order valence-corrected chi connectivity index (χ0v) is 17.9. The largest absolute Gasteiger partial charge is 0.384 e. The summed E-state index contributed by atoms with van der Waals surface area (Å²) in [4.78, 5) is 18.6. The lowest BCUT2D eigenvalue weighted by Crippen LogP contribution is -2.44. The number of carbonyl (C=O) groups is 1. The van der Waals surface area contributed by atoms with E-state index >= 15 is 0 Å². The summed E-state index contributed by atoms with van der Waals surface area (Å²) in [6.45, 7) is 6.19. The molecule has 0 aliphatic carbocycles. The summed E-state index contributed by atoms with van der Waals surface area (Å²) < 4.78 is 0. The summed E-state index contributed by atoms with van der Waals surface area (Å²) in [5, 5.41) is 17.2. The van der Waals surface area contributed by atoms with E-state index in [4.69, 9.17) is 0 Å². The molecule has 0 saturated carbocycles. The molecule has 0 bridgehead atoms. The maximum atomic E-state index is 12.1. The van der Waals surface area contributed by atoms with Gasteiger partial charge in [0, 0.05) is 25.2 Å². The molecule has 1 heterocycles. The third-order valence-electron chi connectivity index (χ3n) is 5.33. The quantitative estimate of drug-likeness (QED) is 0.486. The Morgan fingerprint density at radius 2 is 1.83 bits per heavy atom. The number of aliphatic hydroxyl groups is 1. The number of rotatable bonds is 7. The zero-order valence-electron chi connectivity index (χ0n) is 17.9.